The second kappa shape index (κ2) is 18.7. The highest BCUT2D eigenvalue weighted by molar-refractivity contribution is 5.73. The van der Waals surface area contributed by atoms with Gasteiger partial charge in [0.15, 0.2) is 25.2 Å². The van der Waals surface area contributed by atoms with Gasteiger partial charge < -0.3 is 101 Å². The predicted molar refractivity (Wildman–Crippen MR) is 169 cm³/mol. The fraction of sp³-hybridized carbons (Fsp3) is 0.933. The topological polar surface area (TPSA) is 346 Å². The average Bonchev–Trinajstić information content (AvgIpc) is 3.11. The predicted octanol–water partition coefficient (Wildman–Crippen LogP) is -7.60. The van der Waals surface area contributed by atoms with Crippen LogP contribution in [0.25, 0.3) is 0 Å². The monoisotopic (exact) mass is 758 g/mol. The number of amides is 2. The highest BCUT2D eigenvalue weighted by atomic mass is 16.8. The zero-order valence-electron chi connectivity index (χ0n) is 29.2. The molecule has 20 atom stereocenters. The van der Waals surface area contributed by atoms with E-state index in [1.807, 2.05) is 0 Å². The lowest BCUT2D eigenvalue weighted by Crippen LogP contribution is -2.71. The minimum atomic E-state index is -1.76. The Bertz CT molecular complexity index is 1160. The smallest absolute Gasteiger partial charge is 0.217 e. The van der Waals surface area contributed by atoms with Crippen LogP contribution < -0.4 is 22.1 Å². The van der Waals surface area contributed by atoms with Gasteiger partial charge in [-0.2, -0.15) is 0 Å². The quantitative estimate of drug-likeness (QED) is 0.0830. The molecule has 0 bridgehead atoms. The number of hydrogen-bond donors (Lipinski definition) is 12. The van der Waals surface area contributed by atoms with Crippen molar-refractivity contribution in [2.24, 2.45) is 17.4 Å². The number of aliphatic hydroxyl groups is 8. The highest BCUT2D eigenvalue weighted by Crippen LogP contribution is 2.34. The number of hydrogen-bond acceptors (Lipinski definition) is 20. The zero-order chi connectivity index (χ0) is 38.6. The molecule has 0 saturated carbocycles. The molecular weight excluding hydrogens is 704 g/mol. The Labute approximate surface area is 299 Å². The first kappa shape index (κ1) is 43.0. The van der Waals surface area contributed by atoms with Gasteiger partial charge in [-0.15, -0.1) is 0 Å². The molecule has 22 heteroatoms. The Morgan fingerprint density at radius 2 is 0.923 bits per heavy atom. The molecule has 4 rings (SSSR count). The Morgan fingerprint density at radius 3 is 1.35 bits per heavy atom. The number of aliphatic hydroxyl groups excluding tert-OH is 8. The third-order valence-electron chi connectivity index (χ3n) is 9.78. The van der Waals surface area contributed by atoms with Crippen molar-refractivity contribution >= 4 is 11.8 Å². The molecule has 4 aliphatic rings. The molecule has 14 N–H and O–H groups in total. The molecule has 4 fully saturated rings. The summed E-state index contributed by atoms with van der Waals surface area (Å²) in [5, 5.41) is 89.8. The van der Waals surface area contributed by atoms with E-state index < -0.39 is 161 Å². The van der Waals surface area contributed by atoms with Gasteiger partial charge in [-0.25, -0.2) is 0 Å². The van der Waals surface area contributed by atoms with Crippen molar-refractivity contribution in [3.63, 3.8) is 0 Å². The number of methoxy groups -OCH3 is 1. The Balaban J connectivity index is 1.52. The lowest BCUT2D eigenvalue weighted by Gasteiger charge is -2.50. The van der Waals surface area contributed by atoms with Crippen LogP contribution in [-0.4, -0.2) is 203 Å². The third kappa shape index (κ3) is 9.18. The molecule has 0 spiro atoms. The van der Waals surface area contributed by atoms with Gasteiger partial charge in [0, 0.05) is 26.9 Å². The highest BCUT2D eigenvalue weighted by Gasteiger charge is 2.55. The van der Waals surface area contributed by atoms with E-state index in [1.165, 1.54) is 14.0 Å². The lowest BCUT2D eigenvalue weighted by atomic mass is 9.89. The number of carbonyl (C=O) groups is 2. The van der Waals surface area contributed by atoms with Gasteiger partial charge in [0.05, 0.1) is 50.7 Å². The van der Waals surface area contributed by atoms with Crippen LogP contribution in [0.3, 0.4) is 0 Å². The first-order valence-corrected chi connectivity index (χ1v) is 16.9. The molecule has 52 heavy (non-hydrogen) atoms. The van der Waals surface area contributed by atoms with Crippen LogP contribution in [0.15, 0.2) is 0 Å². The second-order valence-corrected chi connectivity index (χ2v) is 13.4. The first-order valence-electron chi connectivity index (χ1n) is 16.9. The largest absolute Gasteiger partial charge is 0.394 e. The lowest BCUT2D eigenvalue weighted by molar-refractivity contribution is -0.359. The van der Waals surface area contributed by atoms with Crippen molar-refractivity contribution in [1.82, 2.24) is 10.6 Å². The molecule has 2 amide bonds. The van der Waals surface area contributed by atoms with E-state index in [4.69, 9.17) is 49.4 Å². The first-order chi connectivity index (χ1) is 24.6. The van der Waals surface area contributed by atoms with Crippen molar-refractivity contribution in [2.75, 3.05) is 33.5 Å². The molecule has 0 aromatic rings. The molecule has 4 heterocycles. The Hall–Kier alpha value is -1.78. The SMILES string of the molecule is CO[C@@H]1OC(CO)[C@@H](O[C@@H]2OC(CO)[C@H](O[C@@H]3OC(CO)[C@@H](O[C@@H]4OC(CO)[C@H](C)[C@@H](O)C4N)[C@@H](O)C3N)[C@@H](O)C2NC(C)=O)[C@@H](O)C1NC(C)=O. The molecule has 4 saturated heterocycles. The standard InChI is InChI=1S/C30H54N4O18/c1-9-12(5-35)46-27(16(31)20(9)41)50-24-13(6-36)47-28(17(32)21(24)42)51-25-15(8-38)49-30(19(23(25)44)34-11(3)40)52-26-14(7-37)48-29(45-4)18(22(26)43)33-10(2)39/h9,12-30,35-38,41-44H,5-8,31-32H2,1-4H3,(H,33,39)(H,34,40)/t9-,12?,13?,14?,15?,16?,17?,18?,19?,20+,21-,22-,23-,24+,25-,26+,27-,28-,29+,30-/m0/s1. The molecule has 8 unspecified atom stereocenters. The number of ether oxygens (including phenoxy) is 8. The van der Waals surface area contributed by atoms with Crippen LogP contribution in [0, 0.1) is 5.92 Å². The molecule has 0 aromatic carbocycles. The Kier molecular flexibility index (Phi) is 15.5. The summed E-state index contributed by atoms with van der Waals surface area (Å²) in [5.41, 5.74) is 12.4. The fourth-order valence-electron chi connectivity index (χ4n) is 6.86. The van der Waals surface area contributed by atoms with Crippen LogP contribution in [0.2, 0.25) is 0 Å². The van der Waals surface area contributed by atoms with Crippen molar-refractivity contribution in [3.8, 4) is 0 Å². The van der Waals surface area contributed by atoms with E-state index in [0.29, 0.717) is 0 Å². The van der Waals surface area contributed by atoms with E-state index in [1.54, 1.807) is 6.92 Å². The molecule has 0 radical (unpaired) electrons. The van der Waals surface area contributed by atoms with E-state index in [2.05, 4.69) is 10.6 Å². The number of nitrogens with two attached hydrogens (primary N) is 2. The van der Waals surface area contributed by atoms with Gasteiger partial charge in [0.1, 0.15) is 67.0 Å². The van der Waals surface area contributed by atoms with E-state index >= 15 is 0 Å². The van der Waals surface area contributed by atoms with E-state index in [9.17, 15) is 50.4 Å². The summed E-state index contributed by atoms with van der Waals surface area (Å²) in [6, 6.07) is -5.20. The number of rotatable bonds is 13. The van der Waals surface area contributed by atoms with Crippen LogP contribution >= 0.6 is 0 Å². The van der Waals surface area contributed by atoms with Crippen LogP contribution in [-0.2, 0) is 47.5 Å². The van der Waals surface area contributed by atoms with Crippen LogP contribution in [0.1, 0.15) is 20.8 Å². The van der Waals surface area contributed by atoms with Crippen molar-refractivity contribution in [1.29, 1.82) is 0 Å². The summed E-state index contributed by atoms with van der Waals surface area (Å²) in [5.74, 6) is -1.75. The summed E-state index contributed by atoms with van der Waals surface area (Å²) < 4.78 is 46.2. The fourth-order valence-corrected chi connectivity index (χ4v) is 6.86. The molecule has 22 nitrogen and oxygen atoms in total. The van der Waals surface area contributed by atoms with Gasteiger partial charge in [-0.05, 0) is 0 Å². The molecular formula is C30H54N4O18. The van der Waals surface area contributed by atoms with Crippen LogP contribution in [0.4, 0.5) is 0 Å². The van der Waals surface area contributed by atoms with Crippen molar-refractivity contribution in [2.45, 2.75) is 137 Å². The molecule has 4 aliphatic heterocycles. The number of nitrogens with one attached hydrogen (secondary N) is 2. The van der Waals surface area contributed by atoms with Gasteiger partial charge in [-0.3, -0.25) is 9.59 Å². The summed E-state index contributed by atoms with van der Waals surface area (Å²) in [7, 11) is 1.26. The average molecular weight is 759 g/mol. The Morgan fingerprint density at radius 1 is 0.577 bits per heavy atom. The van der Waals surface area contributed by atoms with Crippen molar-refractivity contribution < 1.29 is 88.3 Å². The molecule has 0 aliphatic carbocycles. The third-order valence-corrected chi connectivity index (χ3v) is 9.78. The molecule has 0 aromatic heterocycles. The summed E-state index contributed by atoms with van der Waals surface area (Å²) >= 11 is 0. The van der Waals surface area contributed by atoms with Gasteiger partial charge in [0.2, 0.25) is 11.8 Å². The second-order valence-electron chi connectivity index (χ2n) is 13.4. The summed E-state index contributed by atoms with van der Waals surface area (Å²) in [6.07, 6.45) is -21.1. The maximum atomic E-state index is 12.3. The molecule has 302 valence electrons. The van der Waals surface area contributed by atoms with Gasteiger partial charge in [-0.1, -0.05) is 6.92 Å². The normalized spacial score (nSPS) is 47.1. The van der Waals surface area contributed by atoms with Gasteiger partial charge >= 0.3 is 0 Å². The zero-order valence-corrected chi connectivity index (χ0v) is 29.2. The maximum Gasteiger partial charge on any atom is 0.217 e. The van der Waals surface area contributed by atoms with Crippen molar-refractivity contribution in [3.05, 3.63) is 0 Å². The summed E-state index contributed by atoms with van der Waals surface area (Å²) in [4.78, 5) is 24.2. The minimum Gasteiger partial charge on any atom is -0.394 e. The minimum absolute atomic E-state index is 0.459. The number of carbonyl (C=O) groups excluding carboxylic acids is 2. The van der Waals surface area contributed by atoms with E-state index in [-0.39, 0.29) is 0 Å². The van der Waals surface area contributed by atoms with Gasteiger partial charge in [0.25, 0.3) is 0 Å². The maximum absolute atomic E-state index is 12.3. The summed E-state index contributed by atoms with van der Waals surface area (Å²) in [6.45, 7) is 1.24. The van der Waals surface area contributed by atoms with E-state index in [0.717, 1.165) is 6.92 Å². The van der Waals surface area contributed by atoms with Crippen LogP contribution in [0.5, 0.6) is 0 Å².